The predicted molar refractivity (Wildman–Crippen MR) is 117 cm³/mol. The van der Waals surface area contributed by atoms with Crippen LogP contribution in [0.25, 0.3) is 5.69 Å². The number of aryl methyl sites for hydroxylation is 1. The van der Waals surface area contributed by atoms with Gasteiger partial charge in [0.15, 0.2) is 5.16 Å². The molecule has 0 bridgehead atoms. The maximum absolute atomic E-state index is 12.7. The van der Waals surface area contributed by atoms with Crippen LogP contribution in [0.15, 0.2) is 53.9 Å². The molecule has 30 heavy (non-hydrogen) atoms. The Labute approximate surface area is 181 Å². The average Bonchev–Trinajstić information content (AvgIpc) is 3.25. The second kappa shape index (κ2) is 10.2. The highest BCUT2D eigenvalue weighted by Crippen LogP contribution is 2.26. The molecular weight excluding hydrogens is 400 g/mol. The van der Waals surface area contributed by atoms with E-state index in [1.807, 2.05) is 41.0 Å². The Hall–Kier alpha value is -3.00. The molecule has 158 valence electrons. The van der Waals surface area contributed by atoms with Gasteiger partial charge < -0.3 is 14.4 Å². The molecule has 3 rings (SSSR count). The first-order valence-electron chi connectivity index (χ1n) is 9.63. The van der Waals surface area contributed by atoms with E-state index in [0.717, 1.165) is 17.7 Å². The van der Waals surface area contributed by atoms with Crippen molar-refractivity contribution < 1.29 is 14.3 Å². The molecule has 0 atom stereocenters. The molecule has 0 radical (unpaired) electrons. The van der Waals surface area contributed by atoms with Gasteiger partial charge in [-0.3, -0.25) is 9.36 Å². The monoisotopic (exact) mass is 426 g/mol. The van der Waals surface area contributed by atoms with Crippen LogP contribution in [-0.4, -0.2) is 52.6 Å². The molecule has 1 amide bonds. The van der Waals surface area contributed by atoms with Crippen molar-refractivity contribution >= 4 is 17.7 Å². The van der Waals surface area contributed by atoms with Gasteiger partial charge in [-0.05, 0) is 30.2 Å². The summed E-state index contributed by atoms with van der Waals surface area (Å²) in [4.78, 5) is 14.4. The molecule has 1 aromatic heterocycles. The minimum atomic E-state index is -0.00352. The molecule has 0 saturated carbocycles. The molecule has 8 heteroatoms. The van der Waals surface area contributed by atoms with E-state index in [1.54, 1.807) is 32.5 Å². The molecule has 0 fully saturated rings. The number of amides is 1. The molecule has 2 aromatic carbocycles. The van der Waals surface area contributed by atoms with E-state index in [9.17, 15) is 4.79 Å². The van der Waals surface area contributed by atoms with Gasteiger partial charge in [0, 0.05) is 25.2 Å². The second-order valence-corrected chi connectivity index (χ2v) is 7.62. The van der Waals surface area contributed by atoms with Gasteiger partial charge in [-0.25, -0.2) is 0 Å². The minimum absolute atomic E-state index is 0.00352. The third-order valence-corrected chi connectivity index (χ3v) is 5.73. The minimum Gasteiger partial charge on any atom is -0.497 e. The van der Waals surface area contributed by atoms with Gasteiger partial charge in [-0.1, -0.05) is 36.9 Å². The second-order valence-electron chi connectivity index (χ2n) is 6.68. The van der Waals surface area contributed by atoms with E-state index >= 15 is 0 Å². The molecular formula is C22H26N4O3S. The molecule has 0 N–H and O–H groups in total. The molecule has 0 aliphatic carbocycles. The van der Waals surface area contributed by atoms with Crippen molar-refractivity contribution in [2.75, 3.05) is 27.0 Å². The summed E-state index contributed by atoms with van der Waals surface area (Å²) in [7, 11) is 5.00. The van der Waals surface area contributed by atoms with Crippen LogP contribution in [-0.2, 0) is 17.8 Å². The van der Waals surface area contributed by atoms with Crippen LogP contribution in [0, 0.1) is 0 Å². The summed E-state index contributed by atoms with van der Waals surface area (Å²) in [6.07, 6.45) is 2.59. The normalized spacial score (nSPS) is 10.7. The number of hydrogen-bond donors (Lipinski definition) is 0. The Morgan fingerprint density at radius 2 is 1.93 bits per heavy atom. The summed E-state index contributed by atoms with van der Waals surface area (Å²) >= 11 is 1.38. The molecule has 7 nitrogen and oxygen atoms in total. The van der Waals surface area contributed by atoms with Gasteiger partial charge >= 0.3 is 0 Å². The third-order valence-electron chi connectivity index (χ3n) is 4.80. The topological polar surface area (TPSA) is 69.5 Å². The Balaban J connectivity index is 1.66. The van der Waals surface area contributed by atoms with Gasteiger partial charge in [-0.15, -0.1) is 10.2 Å². The van der Waals surface area contributed by atoms with Crippen LogP contribution in [0.5, 0.6) is 11.5 Å². The molecule has 0 aliphatic heterocycles. The van der Waals surface area contributed by atoms with E-state index in [4.69, 9.17) is 9.47 Å². The lowest BCUT2D eigenvalue weighted by Crippen LogP contribution is -2.28. The molecule has 0 saturated heterocycles. The maximum atomic E-state index is 12.7. The quantitative estimate of drug-likeness (QED) is 0.487. The van der Waals surface area contributed by atoms with Crippen molar-refractivity contribution in [2.24, 2.45) is 0 Å². The molecule has 3 aromatic rings. The number of hydrogen-bond acceptors (Lipinski definition) is 6. The van der Waals surface area contributed by atoms with E-state index in [0.29, 0.717) is 23.2 Å². The standard InChI is InChI=1S/C22H26N4O3S/c1-5-16-8-6-7-9-19(16)26-15-23-24-22(26)30-14-21(27)25(2)13-17-10-11-18(28-3)12-20(17)29-4/h6-12,15H,5,13-14H2,1-4H3. The lowest BCUT2D eigenvalue weighted by Gasteiger charge is -2.19. The lowest BCUT2D eigenvalue weighted by atomic mass is 10.1. The Kier molecular flexibility index (Phi) is 7.35. The smallest absolute Gasteiger partial charge is 0.233 e. The number of ether oxygens (including phenoxy) is 2. The van der Waals surface area contributed by atoms with Crippen LogP contribution in [0.4, 0.5) is 0 Å². The highest BCUT2D eigenvalue weighted by molar-refractivity contribution is 7.99. The van der Waals surface area contributed by atoms with Crippen molar-refractivity contribution in [1.29, 1.82) is 0 Å². The number of carbonyl (C=O) groups is 1. The summed E-state index contributed by atoms with van der Waals surface area (Å²) in [6.45, 7) is 2.56. The van der Waals surface area contributed by atoms with Gasteiger partial charge in [0.05, 0.1) is 25.7 Å². The SMILES string of the molecule is CCc1ccccc1-n1cnnc1SCC(=O)N(C)Cc1ccc(OC)cc1OC. The number of thioether (sulfide) groups is 1. The van der Waals surface area contributed by atoms with Crippen LogP contribution in [0.3, 0.4) is 0 Å². The number of benzene rings is 2. The van der Waals surface area contributed by atoms with Crippen LogP contribution < -0.4 is 9.47 Å². The Bertz CT molecular complexity index is 1010. The number of para-hydroxylation sites is 1. The zero-order valence-electron chi connectivity index (χ0n) is 17.7. The van der Waals surface area contributed by atoms with Crippen molar-refractivity contribution in [3.05, 3.63) is 59.9 Å². The highest BCUT2D eigenvalue weighted by atomic mass is 32.2. The zero-order chi connectivity index (χ0) is 21.5. The number of aromatic nitrogens is 3. The fourth-order valence-corrected chi connectivity index (χ4v) is 3.96. The van der Waals surface area contributed by atoms with Crippen molar-refractivity contribution in [3.63, 3.8) is 0 Å². The van der Waals surface area contributed by atoms with Gasteiger partial charge in [-0.2, -0.15) is 0 Å². The highest BCUT2D eigenvalue weighted by Gasteiger charge is 2.16. The van der Waals surface area contributed by atoms with Crippen molar-refractivity contribution in [2.45, 2.75) is 25.0 Å². The number of carbonyl (C=O) groups excluding carboxylic acids is 1. The van der Waals surface area contributed by atoms with Crippen molar-refractivity contribution in [1.82, 2.24) is 19.7 Å². The van der Waals surface area contributed by atoms with Gasteiger partial charge in [0.2, 0.25) is 5.91 Å². The predicted octanol–water partition coefficient (Wildman–Crippen LogP) is 3.60. The lowest BCUT2D eigenvalue weighted by molar-refractivity contribution is -0.127. The summed E-state index contributed by atoms with van der Waals surface area (Å²) < 4.78 is 12.6. The molecule has 0 unspecified atom stereocenters. The summed E-state index contributed by atoms with van der Waals surface area (Å²) in [5, 5.41) is 8.94. The van der Waals surface area contributed by atoms with Crippen molar-refractivity contribution in [3.8, 4) is 17.2 Å². The first-order chi connectivity index (χ1) is 14.6. The van der Waals surface area contributed by atoms with E-state index < -0.39 is 0 Å². The third kappa shape index (κ3) is 4.94. The number of nitrogens with zero attached hydrogens (tertiary/aromatic N) is 4. The van der Waals surface area contributed by atoms with E-state index in [2.05, 4.69) is 23.2 Å². The van der Waals surface area contributed by atoms with Crippen LogP contribution in [0.2, 0.25) is 0 Å². The van der Waals surface area contributed by atoms with Gasteiger partial charge in [0.1, 0.15) is 17.8 Å². The van der Waals surface area contributed by atoms with Crippen LogP contribution in [0.1, 0.15) is 18.1 Å². The van der Waals surface area contributed by atoms with E-state index in [1.165, 1.54) is 17.3 Å². The summed E-state index contributed by atoms with van der Waals surface area (Å²) in [6, 6.07) is 13.7. The fourth-order valence-electron chi connectivity index (χ4n) is 3.10. The fraction of sp³-hybridized carbons (Fsp3) is 0.318. The molecule has 1 heterocycles. The summed E-state index contributed by atoms with van der Waals surface area (Å²) in [5.74, 6) is 1.67. The molecule has 0 aliphatic rings. The first-order valence-corrected chi connectivity index (χ1v) is 10.6. The number of rotatable bonds is 9. The Morgan fingerprint density at radius 3 is 2.67 bits per heavy atom. The number of methoxy groups -OCH3 is 2. The first kappa shape index (κ1) is 21.7. The largest absolute Gasteiger partial charge is 0.497 e. The summed E-state index contributed by atoms with van der Waals surface area (Å²) in [5.41, 5.74) is 3.16. The average molecular weight is 427 g/mol. The van der Waals surface area contributed by atoms with E-state index in [-0.39, 0.29) is 11.7 Å². The van der Waals surface area contributed by atoms with Crippen LogP contribution >= 0.6 is 11.8 Å². The zero-order valence-corrected chi connectivity index (χ0v) is 18.5. The Morgan fingerprint density at radius 1 is 1.13 bits per heavy atom. The molecule has 0 spiro atoms. The van der Waals surface area contributed by atoms with Gasteiger partial charge in [0.25, 0.3) is 0 Å². The maximum Gasteiger partial charge on any atom is 0.233 e.